The van der Waals surface area contributed by atoms with E-state index in [4.69, 9.17) is 11.6 Å². The first-order valence-electron chi connectivity index (χ1n) is 9.95. The van der Waals surface area contributed by atoms with Crippen molar-refractivity contribution in [2.24, 2.45) is 0 Å². The average Bonchev–Trinajstić information content (AvgIpc) is 2.79. The van der Waals surface area contributed by atoms with Crippen molar-refractivity contribution in [3.05, 3.63) is 110 Å². The summed E-state index contributed by atoms with van der Waals surface area (Å²) in [7, 11) is 0. The van der Waals surface area contributed by atoms with Crippen LogP contribution in [0.4, 0.5) is 10.1 Å². The Morgan fingerprint density at radius 2 is 1.66 bits per heavy atom. The molecule has 0 aliphatic heterocycles. The van der Waals surface area contributed by atoms with Crippen LogP contribution in [-0.4, -0.2) is 15.0 Å². The highest BCUT2D eigenvalue weighted by Crippen LogP contribution is 2.22. The highest BCUT2D eigenvalue weighted by Gasteiger charge is 2.16. The van der Waals surface area contributed by atoms with E-state index in [2.05, 4.69) is 5.32 Å². The molecule has 162 valence electrons. The third-order valence-electron chi connectivity index (χ3n) is 5.11. The SMILES string of the molecule is O=C(Cn1c(=O)n(CCc2ccccc2)c(=O)c2ccccc21)Nc1ccc(F)cc1Cl. The van der Waals surface area contributed by atoms with Gasteiger partial charge in [-0.15, -0.1) is 0 Å². The fourth-order valence-corrected chi connectivity index (χ4v) is 3.75. The number of carbonyl (C=O) groups excluding carboxylic acids is 1. The number of fused-ring (bicyclic) bond motifs is 1. The molecule has 0 saturated heterocycles. The number of halogens is 2. The minimum Gasteiger partial charge on any atom is -0.323 e. The molecule has 0 aliphatic carbocycles. The van der Waals surface area contributed by atoms with Gasteiger partial charge in [0.15, 0.2) is 0 Å². The summed E-state index contributed by atoms with van der Waals surface area (Å²) in [5.41, 5.74) is 0.596. The predicted octanol–water partition coefficient (Wildman–Crippen LogP) is 3.84. The Morgan fingerprint density at radius 3 is 2.41 bits per heavy atom. The number of aromatic nitrogens is 2. The molecule has 0 fully saturated rings. The third kappa shape index (κ3) is 4.48. The fourth-order valence-electron chi connectivity index (χ4n) is 3.53. The van der Waals surface area contributed by atoms with Gasteiger partial charge in [0.25, 0.3) is 5.56 Å². The zero-order chi connectivity index (χ0) is 22.7. The third-order valence-corrected chi connectivity index (χ3v) is 5.42. The molecule has 6 nitrogen and oxygen atoms in total. The van der Waals surface area contributed by atoms with E-state index in [1.807, 2.05) is 30.3 Å². The summed E-state index contributed by atoms with van der Waals surface area (Å²) in [5.74, 6) is -1.06. The smallest absolute Gasteiger partial charge is 0.323 e. The molecule has 1 amide bonds. The molecule has 0 spiro atoms. The largest absolute Gasteiger partial charge is 0.331 e. The minimum atomic E-state index is -0.579. The molecule has 1 N–H and O–H groups in total. The predicted molar refractivity (Wildman–Crippen MR) is 123 cm³/mol. The van der Waals surface area contributed by atoms with E-state index in [1.54, 1.807) is 24.3 Å². The standard InChI is InChI=1S/C24H19ClFN3O3/c25-19-14-17(26)10-11-20(19)27-22(30)15-29-21-9-5-4-8-18(21)23(31)28(24(29)32)13-12-16-6-2-1-3-7-16/h1-11,14H,12-13,15H2,(H,27,30). The maximum absolute atomic E-state index is 13.3. The summed E-state index contributed by atoms with van der Waals surface area (Å²) in [4.78, 5) is 38.8. The van der Waals surface area contributed by atoms with Gasteiger partial charge in [-0.3, -0.25) is 18.7 Å². The number of nitrogens with one attached hydrogen (secondary N) is 1. The number of hydrogen-bond donors (Lipinski definition) is 1. The number of nitrogens with zero attached hydrogens (tertiary/aromatic N) is 2. The molecular formula is C24H19ClFN3O3. The van der Waals surface area contributed by atoms with Crippen LogP contribution in [0.15, 0.2) is 82.4 Å². The van der Waals surface area contributed by atoms with Crippen molar-refractivity contribution in [2.45, 2.75) is 19.5 Å². The summed E-state index contributed by atoms with van der Waals surface area (Å²) in [6, 6.07) is 19.8. The molecule has 0 unspecified atom stereocenters. The van der Waals surface area contributed by atoms with Crippen LogP contribution < -0.4 is 16.6 Å². The zero-order valence-electron chi connectivity index (χ0n) is 16.9. The molecule has 8 heteroatoms. The van der Waals surface area contributed by atoms with Crippen LogP contribution in [0.3, 0.4) is 0 Å². The number of para-hydroxylation sites is 1. The molecule has 4 rings (SSSR count). The van der Waals surface area contributed by atoms with Gasteiger partial charge in [0.1, 0.15) is 12.4 Å². The van der Waals surface area contributed by atoms with Gasteiger partial charge in [-0.2, -0.15) is 0 Å². The fraction of sp³-hybridized carbons (Fsp3) is 0.125. The van der Waals surface area contributed by atoms with Gasteiger partial charge < -0.3 is 5.32 Å². The van der Waals surface area contributed by atoms with Crippen molar-refractivity contribution in [2.75, 3.05) is 5.32 Å². The Hall–Kier alpha value is -3.71. The molecular weight excluding hydrogens is 433 g/mol. The van der Waals surface area contributed by atoms with Gasteiger partial charge in [0, 0.05) is 6.54 Å². The van der Waals surface area contributed by atoms with E-state index < -0.39 is 23.0 Å². The molecule has 0 atom stereocenters. The van der Waals surface area contributed by atoms with Gasteiger partial charge in [-0.1, -0.05) is 54.1 Å². The van der Waals surface area contributed by atoms with Crippen LogP contribution in [0.5, 0.6) is 0 Å². The number of benzene rings is 3. The molecule has 3 aromatic carbocycles. The lowest BCUT2D eigenvalue weighted by atomic mass is 10.1. The number of hydrogen-bond acceptors (Lipinski definition) is 3. The molecule has 0 saturated carbocycles. The Kier molecular flexibility index (Phi) is 6.18. The average molecular weight is 452 g/mol. The first-order chi connectivity index (χ1) is 15.4. The molecule has 0 bridgehead atoms. The quantitative estimate of drug-likeness (QED) is 0.484. The van der Waals surface area contributed by atoms with E-state index in [9.17, 15) is 18.8 Å². The Balaban J connectivity index is 1.69. The van der Waals surface area contributed by atoms with E-state index in [-0.39, 0.29) is 23.8 Å². The van der Waals surface area contributed by atoms with Crippen LogP contribution in [-0.2, 0) is 24.3 Å². The van der Waals surface area contributed by atoms with E-state index in [1.165, 1.54) is 16.7 Å². The minimum absolute atomic E-state index is 0.0448. The number of rotatable bonds is 6. The summed E-state index contributed by atoms with van der Waals surface area (Å²) in [6.45, 7) is -0.156. The van der Waals surface area contributed by atoms with Crippen LogP contribution in [0.2, 0.25) is 5.02 Å². The molecule has 0 radical (unpaired) electrons. The van der Waals surface area contributed by atoms with E-state index in [0.29, 0.717) is 17.3 Å². The van der Waals surface area contributed by atoms with Crippen LogP contribution in [0.25, 0.3) is 10.9 Å². The van der Waals surface area contributed by atoms with Gasteiger partial charge in [0.05, 0.1) is 21.6 Å². The number of aryl methyl sites for hydroxylation is 1. The zero-order valence-corrected chi connectivity index (χ0v) is 17.7. The summed E-state index contributed by atoms with van der Waals surface area (Å²) in [6.07, 6.45) is 0.492. The molecule has 1 heterocycles. The molecule has 0 aliphatic rings. The monoisotopic (exact) mass is 451 g/mol. The van der Waals surface area contributed by atoms with Crippen molar-refractivity contribution >= 4 is 34.1 Å². The Labute approximate surface area is 187 Å². The maximum Gasteiger partial charge on any atom is 0.331 e. The summed E-state index contributed by atoms with van der Waals surface area (Å²) < 4.78 is 15.7. The highest BCUT2D eigenvalue weighted by molar-refractivity contribution is 6.33. The Bertz CT molecular complexity index is 1410. The lowest BCUT2D eigenvalue weighted by Crippen LogP contribution is -2.42. The van der Waals surface area contributed by atoms with Crippen molar-refractivity contribution in [1.82, 2.24) is 9.13 Å². The van der Waals surface area contributed by atoms with E-state index >= 15 is 0 Å². The van der Waals surface area contributed by atoms with Crippen LogP contribution in [0.1, 0.15) is 5.56 Å². The van der Waals surface area contributed by atoms with Crippen molar-refractivity contribution in [3.63, 3.8) is 0 Å². The normalized spacial score (nSPS) is 10.9. The first-order valence-corrected chi connectivity index (χ1v) is 10.3. The lowest BCUT2D eigenvalue weighted by Gasteiger charge is -2.14. The lowest BCUT2D eigenvalue weighted by molar-refractivity contribution is -0.116. The van der Waals surface area contributed by atoms with Gasteiger partial charge in [-0.25, -0.2) is 9.18 Å². The van der Waals surface area contributed by atoms with Crippen LogP contribution >= 0.6 is 11.6 Å². The van der Waals surface area contributed by atoms with E-state index in [0.717, 1.165) is 16.2 Å². The van der Waals surface area contributed by atoms with Crippen molar-refractivity contribution < 1.29 is 9.18 Å². The second kappa shape index (κ2) is 9.20. The van der Waals surface area contributed by atoms with Gasteiger partial charge in [0.2, 0.25) is 5.91 Å². The highest BCUT2D eigenvalue weighted by atomic mass is 35.5. The maximum atomic E-state index is 13.3. The van der Waals surface area contributed by atoms with Crippen molar-refractivity contribution in [3.8, 4) is 0 Å². The summed E-state index contributed by atoms with van der Waals surface area (Å²) >= 11 is 5.98. The van der Waals surface area contributed by atoms with Crippen LogP contribution in [0, 0.1) is 5.82 Å². The molecule has 4 aromatic rings. The first kappa shape index (κ1) is 21.5. The molecule has 32 heavy (non-hydrogen) atoms. The Morgan fingerprint density at radius 1 is 0.938 bits per heavy atom. The van der Waals surface area contributed by atoms with Gasteiger partial charge >= 0.3 is 5.69 Å². The molecule has 1 aromatic heterocycles. The number of carbonyl (C=O) groups is 1. The van der Waals surface area contributed by atoms with Crippen molar-refractivity contribution in [1.29, 1.82) is 0 Å². The number of anilines is 1. The number of amides is 1. The summed E-state index contributed by atoms with van der Waals surface area (Å²) in [5, 5.41) is 2.97. The second-order valence-electron chi connectivity index (χ2n) is 7.25. The second-order valence-corrected chi connectivity index (χ2v) is 7.66. The van der Waals surface area contributed by atoms with Gasteiger partial charge in [-0.05, 0) is 42.3 Å². The topological polar surface area (TPSA) is 73.1 Å².